The highest BCUT2D eigenvalue weighted by Gasteiger charge is 2.28. The molecule has 0 saturated heterocycles. The van der Waals surface area contributed by atoms with E-state index in [-0.39, 0.29) is 21.9 Å². The fraction of sp³-hybridized carbons (Fsp3) is 0. The van der Waals surface area contributed by atoms with Crippen LogP contribution < -0.4 is 0 Å². The summed E-state index contributed by atoms with van der Waals surface area (Å²) in [7, 11) is 0. The Balaban J connectivity index is 1.72. The summed E-state index contributed by atoms with van der Waals surface area (Å²) >= 11 is 0. The second-order valence-corrected chi connectivity index (χ2v) is 7.87. The molecule has 0 N–H and O–H groups in total. The molecule has 0 aliphatic rings. The lowest BCUT2D eigenvalue weighted by atomic mass is 9.95. The van der Waals surface area contributed by atoms with E-state index >= 15 is 0 Å². The van der Waals surface area contributed by atoms with Crippen LogP contribution in [-0.2, 0) is 0 Å². The van der Waals surface area contributed by atoms with Gasteiger partial charge in [0, 0.05) is 0 Å². The molecule has 10 heteroatoms. The topological polar surface area (TPSA) is 0 Å². The summed E-state index contributed by atoms with van der Waals surface area (Å²) in [5, 5.41) is 1.41. The third-order valence-electron chi connectivity index (χ3n) is 5.79. The Morgan fingerprint density at radius 2 is 0.556 bits per heavy atom. The second kappa shape index (κ2) is 8.25. The summed E-state index contributed by atoms with van der Waals surface area (Å²) in [5.41, 5.74) is -2.98. The highest BCUT2D eigenvalue weighted by atomic mass is 19.2. The standard InChI is InChI=1S/C26H8F10/c27-17-15(18(28)22(32)25(35)21(17)31)11-3-1-9-5-10-2-4-12(7-14(10)8-13(9)6-11)16-19(29)23(33)26(36)24(34)20(16)30/h1-8H. The molecule has 5 aromatic carbocycles. The Morgan fingerprint density at radius 3 is 0.889 bits per heavy atom. The minimum absolute atomic E-state index is 0.235. The van der Waals surface area contributed by atoms with Gasteiger partial charge in [0.1, 0.15) is 0 Å². The molecule has 0 bridgehead atoms. The van der Waals surface area contributed by atoms with Crippen LogP contribution in [0.15, 0.2) is 48.5 Å². The largest absolute Gasteiger partial charge is 0.203 e. The van der Waals surface area contributed by atoms with E-state index < -0.39 is 69.3 Å². The van der Waals surface area contributed by atoms with E-state index in [4.69, 9.17) is 0 Å². The zero-order valence-electron chi connectivity index (χ0n) is 17.4. The maximum Gasteiger partial charge on any atom is 0.200 e. The average molecular weight is 510 g/mol. The van der Waals surface area contributed by atoms with Crippen molar-refractivity contribution in [3.05, 3.63) is 107 Å². The average Bonchev–Trinajstić information content (AvgIpc) is 2.87. The molecule has 5 aromatic rings. The number of hydrogen-bond acceptors (Lipinski definition) is 0. The Hall–Kier alpha value is -4.08. The summed E-state index contributed by atoms with van der Waals surface area (Å²) in [4.78, 5) is 0. The molecule has 5 rings (SSSR count). The lowest BCUT2D eigenvalue weighted by Gasteiger charge is -2.11. The van der Waals surface area contributed by atoms with Gasteiger partial charge in [-0.3, -0.25) is 0 Å². The van der Waals surface area contributed by atoms with Crippen LogP contribution in [0.5, 0.6) is 0 Å². The van der Waals surface area contributed by atoms with Gasteiger partial charge in [-0.1, -0.05) is 24.3 Å². The van der Waals surface area contributed by atoms with Crippen LogP contribution >= 0.6 is 0 Å². The van der Waals surface area contributed by atoms with Gasteiger partial charge in [0.15, 0.2) is 46.5 Å². The van der Waals surface area contributed by atoms with Gasteiger partial charge in [0.25, 0.3) is 0 Å². The maximum absolute atomic E-state index is 14.3. The minimum atomic E-state index is -2.30. The lowest BCUT2D eigenvalue weighted by Crippen LogP contribution is -2.04. The number of halogens is 10. The summed E-state index contributed by atoms with van der Waals surface area (Å²) in [6.07, 6.45) is 0. The Labute approximate surface area is 195 Å². The SMILES string of the molecule is Fc1c(F)c(F)c(-c2ccc3cc4ccc(-c5c(F)c(F)c(F)c(F)c5F)cc4cc3c2)c(F)c1F. The first-order valence-corrected chi connectivity index (χ1v) is 10.0. The first-order valence-electron chi connectivity index (χ1n) is 10.0. The van der Waals surface area contributed by atoms with Gasteiger partial charge in [0.05, 0.1) is 11.1 Å². The van der Waals surface area contributed by atoms with Crippen molar-refractivity contribution in [3.8, 4) is 22.3 Å². The van der Waals surface area contributed by atoms with Crippen molar-refractivity contribution < 1.29 is 43.9 Å². The predicted octanol–water partition coefficient (Wildman–Crippen LogP) is 8.72. The van der Waals surface area contributed by atoms with Crippen molar-refractivity contribution in [1.29, 1.82) is 0 Å². The van der Waals surface area contributed by atoms with E-state index in [1.54, 1.807) is 6.07 Å². The van der Waals surface area contributed by atoms with Crippen LogP contribution in [0.4, 0.5) is 43.9 Å². The first-order chi connectivity index (χ1) is 17.0. The highest BCUT2D eigenvalue weighted by molar-refractivity contribution is 6.01. The second-order valence-electron chi connectivity index (χ2n) is 7.87. The number of hydrogen-bond donors (Lipinski definition) is 0. The van der Waals surface area contributed by atoms with Crippen molar-refractivity contribution in [1.82, 2.24) is 0 Å². The quantitative estimate of drug-likeness (QED) is 0.0965. The number of rotatable bonds is 2. The summed E-state index contributed by atoms with van der Waals surface area (Å²) < 4.78 is 139. The van der Waals surface area contributed by atoms with Crippen molar-refractivity contribution >= 4 is 21.5 Å². The molecule has 36 heavy (non-hydrogen) atoms. The van der Waals surface area contributed by atoms with E-state index in [0.717, 1.165) is 24.3 Å². The van der Waals surface area contributed by atoms with Gasteiger partial charge >= 0.3 is 0 Å². The van der Waals surface area contributed by atoms with Crippen LogP contribution in [0, 0.1) is 58.2 Å². The summed E-state index contributed by atoms with van der Waals surface area (Å²) in [5.74, 6) is -21.2. The summed E-state index contributed by atoms with van der Waals surface area (Å²) in [6, 6.07) is 10.2. The molecule has 0 amide bonds. The Kier molecular flexibility index (Phi) is 5.42. The molecule has 0 atom stereocenters. The lowest BCUT2D eigenvalue weighted by molar-refractivity contribution is 0.381. The monoisotopic (exact) mass is 510 g/mol. The third-order valence-corrected chi connectivity index (χ3v) is 5.79. The van der Waals surface area contributed by atoms with Gasteiger partial charge < -0.3 is 0 Å². The van der Waals surface area contributed by atoms with Crippen LogP contribution in [0.3, 0.4) is 0 Å². The smallest absolute Gasteiger partial charge is 0.200 e. The zero-order valence-corrected chi connectivity index (χ0v) is 17.4. The maximum atomic E-state index is 14.3. The highest BCUT2D eigenvalue weighted by Crippen LogP contribution is 2.36. The molecule has 0 nitrogen and oxygen atoms in total. The normalized spacial score (nSPS) is 11.6. The van der Waals surface area contributed by atoms with E-state index in [9.17, 15) is 43.9 Å². The fourth-order valence-corrected chi connectivity index (χ4v) is 4.03. The van der Waals surface area contributed by atoms with Gasteiger partial charge in [-0.25, -0.2) is 43.9 Å². The number of benzene rings is 5. The van der Waals surface area contributed by atoms with E-state index in [0.29, 0.717) is 10.8 Å². The molecule has 0 radical (unpaired) electrons. The van der Waals surface area contributed by atoms with Gasteiger partial charge in [0.2, 0.25) is 11.6 Å². The van der Waals surface area contributed by atoms with E-state index in [2.05, 4.69) is 0 Å². The molecule has 0 saturated carbocycles. The van der Waals surface area contributed by atoms with Crippen molar-refractivity contribution in [3.63, 3.8) is 0 Å². The molecular formula is C26H8F10. The minimum Gasteiger partial charge on any atom is -0.203 e. The summed E-state index contributed by atoms with van der Waals surface area (Å²) in [6.45, 7) is 0. The first kappa shape index (κ1) is 23.7. The zero-order chi connectivity index (χ0) is 26.0. The van der Waals surface area contributed by atoms with Crippen LogP contribution in [0.25, 0.3) is 43.8 Å². The molecular weight excluding hydrogens is 502 g/mol. The van der Waals surface area contributed by atoms with Crippen molar-refractivity contribution in [2.45, 2.75) is 0 Å². The molecule has 0 unspecified atom stereocenters. The Bertz CT molecular complexity index is 1560. The molecule has 0 aliphatic heterocycles. The van der Waals surface area contributed by atoms with Gasteiger partial charge in [-0.05, 0) is 56.9 Å². The van der Waals surface area contributed by atoms with Crippen LogP contribution in [0.1, 0.15) is 0 Å². The van der Waals surface area contributed by atoms with Crippen LogP contribution in [0.2, 0.25) is 0 Å². The van der Waals surface area contributed by atoms with Gasteiger partial charge in [-0.15, -0.1) is 0 Å². The molecule has 0 spiro atoms. The third kappa shape index (κ3) is 3.39. The molecule has 0 fully saturated rings. The Morgan fingerprint density at radius 1 is 0.278 bits per heavy atom. The molecule has 0 aromatic heterocycles. The fourth-order valence-electron chi connectivity index (χ4n) is 4.03. The molecule has 0 heterocycles. The predicted molar refractivity (Wildman–Crippen MR) is 112 cm³/mol. The van der Waals surface area contributed by atoms with Crippen molar-refractivity contribution in [2.75, 3.05) is 0 Å². The number of fused-ring (bicyclic) bond motifs is 2. The molecule has 0 aliphatic carbocycles. The van der Waals surface area contributed by atoms with Gasteiger partial charge in [-0.2, -0.15) is 0 Å². The molecule has 182 valence electrons. The van der Waals surface area contributed by atoms with E-state index in [1.807, 2.05) is 0 Å². The van der Waals surface area contributed by atoms with Crippen LogP contribution in [-0.4, -0.2) is 0 Å². The van der Waals surface area contributed by atoms with E-state index in [1.165, 1.54) is 18.2 Å². The van der Waals surface area contributed by atoms with Crippen molar-refractivity contribution in [2.24, 2.45) is 0 Å².